The standard InChI is InChI=1S/C24H31FN2O4S/c1-4-17(2)13-26(24(29)16-30-3)14-23(28)27-10-8-22-20(9-11-32-22)21(27)15-31-19-7-5-6-18(25)12-19/h5-7,9,11-12,17,21H,4,8,10,13-16H2,1-3H3. The SMILES string of the molecule is CCC(C)CN(CC(=O)N1CCc2sccc2C1COc1cccc(F)c1)C(=O)COC. The summed E-state index contributed by atoms with van der Waals surface area (Å²) >= 11 is 1.67. The summed E-state index contributed by atoms with van der Waals surface area (Å²) < 4.78 is 24.4. The van der Waals surface area contributed by atoms with Gasteiger partial charge in [-0.2, -0.15) is 0 Å². The number of nitrogens with zero attached hydrogens (tertiary/aromatic N) is 2. The Kier molecular flexibility index (Phi) is 8.64. The molecule has 2 unspecified atom stereocenters. The molecular formula is C24H31FN2O4S. The Hall–Kier alpha value is -2.45. The average molecular weight is 463 g/mol. The highest BCUT2D eigenvalue weighted by molar-refractivity contribution is 7.10. The van der Waals surface area contributed by atoms with Gasteiger partial charge in [-0.15, -0.1) is 11.3 Å². The van der Waals surface area contributed by atoms with E-state index in [2.05, 4.69) is 13.8 Å². The Morgan fingerprint density at radius 3 is 2.88 bits per heavy atom. The van der Waals surface area contributed by atoms with Crippen LogP contribution in [0.4, 0.5) is 4.39 Å². The third kappa shape index (κ3) is 6.07. The van der Waals surface area contributed by atoms with Gasteiger partial charge in [0.05, 0.1) is 12.6 Å². The lowest BCUT2D eigenvalue weighted by atomic mass is 10.00. The van der Waals surface area contributed by atoms with Crippen molar-refractivity contribution in [3.05, 3.63) is 52.0 Å². The third-order valence-electron chi connectivity index (χ3n) is 5.79. The number of hydrogen-bond acceptors (Lipinski definition) is 5. The first kappa shape index (κ1) is 24.2. The summed E-state index contributed by atoms with van der Waals surface area (Å²) in [7, 11) is 1.48. The van der Waals surface area contributed by atoms with Crippen molar-refractivity contribution in [1.82, 2.24) is 9.80 Å². The fourth-order valence-electron chi connectivity index (χ4n) is 3.84. The molecule has 32 heavy (non-hydrogen) atoms. The molecule has 1 aromatic heterocycles. The number of ether oxygens (including phenoxy) is 2. The Morgan fingerprint density at radius 1 is 1.34 bits per heavy atom. The molecule has 2 atom stereocenters. The third-order valence-corrected chi connectivity index (χ3v) is 6.79. The number of carbonyl (C=O) groups excluding carboxylic acids is 2. The van der Waals surface area contributed by atoms with Crippen LogP contribution in [-0.2, 0) is 20.7 Å². The Labute approximate surface area is 192 Å². The topological polar surface area (TPSA) is 59.1 Å². The summed E-state index contributed by atoms with van der Waals surface area (Å²) in [5.74, 6) is 0.0194. The van der Waals surface area contributed by atoms with Gasteiger partial charge >= 0.3 is 0 Å². The molecule has 0 aliphatic carbocycles. The molecule has 1 aliphatic heterocycles. The van der Waals surface area contributed by atoms with E-state index in [0.29, 0.717) is 18.8 Å². The van der Waals surface area contributed by atoms with Crippen molar-refractivity contribution in [1.29, 1.82) is 0 Å². The second kappa shape index (κ2) is 11.4. The molecule has 1 aromatic carbocycles. The minimum absolute atomic E-state index is 0.00245. The van der Waals surface area contributed by atoms with Gasteiger partial charge in [-0.1, -0.05) is 26.3 Å². The van der Waals surface area contributed by atoms with Crippen LogP contribution in [0.3, 0.4) is 0 Å². The number of amides is 2. The predicted octanol–water partition coefficient (Wildman–Crippen LogP) is 3.91. The molecular weight excluding hydrogens is 431 g/mol. The van der Waals surface area contributed by atoms with Crippen LogP contribution in [0.2, 0.25) is 0 Å². The van der Waals surface area contributed by atoms with E-state index in [9.17, 15) is 14.0 Å². The molecule has 174 valence electrons. The van der Waals surface area contributed by atoms with Gasteiger partial charge in [0.25, 0.3) is 0 Å². The molecule has 2 aromatic rings. The number of thiophene rings is 1. The van der Waals surface area contributed by atoms with E-state index < -0.39 is 0 Å². The van der Waals surface area contributed by atoms with Crippen molar-refractivity contribution in [2.75, 3.05) is 40.0 Å². The fraction of sp³-hybridized carbons (Fsp3) is 0.500. The maximum absolute atomic E-state index is 13.6. The van der Waals surface area contributed by atoms with Crippen LogP contribution >= 0.6 is 11.3 Å². The summed E-state index contributed by atoms with van der Waals surface area (Å²) in [5.41, 5.74) is 1.06. The highest BCUT2D eigenvalue weighted by atomic mass is 32.1. The van der Waals surface area contributed by atoms with Crippen molar-refractivity contribution < 1.29 is 23.5 Å². The molecule has 0 bridgehead atoms. The molecule has 2 heterocycles. The van der Waals surface area contributed by atoms with Crippen LogP contribution in [0, 0.1) is 11.7 Å². The number of benzene rings is 1. The molecule has 0 radical (unpaired) electrons. The molecule has 3 rings (SSSR count). The first-order chi connectivity index (χ1) is 15.4. The number of hydrogen-bond donors (Lipinski definition) is 0. The number of halogens is 1. The van der Waals surface area contributed by atoms with E-state index in [4.69, 9.17) is 9.47 Å². The molecule has 6 nitrogen and oxygen atoms in total. The number of carbonyl (C=O) groups is 2. The van der Waals surface area contributed by atoms with Crippen LogP contribution < -0.4 is 4.74 Å². The van der Waals surface area contributed by atoms with Crippen LogP contribution in [0.5, 0.6) is 5.75 Å². The lowest BCUT2D eigenvalue weighted by molar-refractivity contribution is -0.145. The zero-order valence-electron chi connectivity index (χ0n) is 18.9. The van der Waals surface area contributed by atoms with Crippen molar-refractivity contribution in [3.8, 4) is 5.75 Å². The van der Waals surface area contributed by atoms with Gasteiger partial charge in [0.2, 0.25) is 11.8 Å². The largest absolute Gasteiger partial charge is 0.491 e. The van der Waals surface area contributed by atoms with Gasteiger partial charge in [-0.05, 0) is 41.5 Å². The Morgan fingerprint density at radius 2 is 2.16 bits per heavy atom. The van der Waals surface area contributed by atoms with E-state index in [0.717, 1.165) is 18.4 Å². The van der Waals surface area contributed by atoms with Gasteiger partial charge in [0, 0.05) is 31.1 Å². The van der Waals surface area contributed by atoms with Crippen molar-refractivity contribution in [2.24, 2.45) is 5.92 Å². The predicted molar refractivity (Wildman–Crippen MR) is 122 cm³/mol. The summed E-state index contributed by atoms with van der Waals surface area (Å²) in [6, 6.07) is 7.72. The molecule has 0 fully saturated rings. The highest BCUT2D eigenvalue weighted by Crippen LogP contribution is 2.34. The molecule has 0 saturated heterocycles. The molecule has 1 aliphatic rings. The number of fused-ring (bicyclic) bond motifs is 1. The van der Waals surface area contributed by atoms with Gasteiger partial charge < -0.3 is 19.3 Å². The van der Waals surface area contributed by atoms with Crippen molar-refractivity contribution in [2.45, 2.75) is 32.7 Å². The molecule has 0 spiro atoms. The smallest absolute Gasteiger partial charge is 0.249 e. The molecule has 2 amide bonds. The maximum atomic E-state index is 13.6. The van der Waals surface area contributed by atoms with E-state index in [1.807, 2.05) is 11.4 Å². The minimum Gasteiger partial charge on any atom is -0.491 e. The highest BCUT2D eigenvalue weighted by Gasteiger charge is 2.33. The zero-order chi connectivity index (χ0) is 23.1. The van der Waals surface area contributed by atoms with Crippen molar-refractivity contribution in [3.63, 3.8) is 0 Å². The monoisotopic (exact) mass is 462 g/mol. The molecule has 0 saturated carbocycles. The summed E-state index contributed by atoms with van der Waals surface area (Å²) in [6.45, 7) is 5.36. The summed E-state index contributed by atoms with van der Waals surface area (Å²) in [6.07, 6.45) is 1.68. The van der Waals surface area contributed by atoms with Crippen molar-refractivity contribution >= 4 is 23.2 Å². The van der Waals surface area contributed by atoms with Crippen LogP contribution in [0.15, 0.2) is 35.7 Å². The number of rotatable bonds is 10. The second-order valence-electron chi connectivity index (χ2n) is 8.14. The summed E-state index contributed by atoms with van der Waals surface area (Å²) in [4.78, 5) is 30.6. The van der Waals surface area contributed by atoms with E-state index in [1.165, 1.54) is 24.1 Å². The number of methoxy groups -OCH3 is 1. The first-order valence-corrected chi connectivity index (χ1v) is 11.8. The van der Waals surface area contributed by atoms with Crippen LogP contribution in [0.1, 0.15) is 36.8 Å². The first-order valence-electron chi connectivity index (χ1n) is 10.9. The minimum atomic E-state index is -0.368. The van der Waals surface area contributed by atoms with Gasteiger partial charge in [0.15, 0.2) is 0 Å². The zero-order valence-corrected chi connectivity index (χ0v) is 19.7. The summed E-state index contributed by atoms with van der Waals surface area (Å²) in [5, 5.41) is 2.02. The molecule has 8 heteroatoms. The quantitative estimate of drug-likeness (QED) is 0.537. The normalized spacial score (nSPS) is 16.4. The maximum Gasteiger partial charge on any atom is 0.249 e. The van der Waals surface area contributed by atoms with Crippen LogP contribution in [0.25, 0.3) is 0 Å². The van der Waals surface area contributed by atoms with E-state index in [1.54, 1.807) is 33.3 Å². The fourth-order valence-corrected chi connectivity index (χ4v) is 4.76. The van der Waals surface area contributed by atoms with Gasteiger partial charge in [0.1, 0.15) is 24.8 Å². The lowest BCUT2D eigenvalue weighted by Gasteiger charge is -2.37. The van der Waals surface area contributed by atoms with Gasteiger partial charge in [-0.25, -0.2) is 4.39 Å². The Bertz CT molecular complexity index is 919. The Balaban J connectivity index is 1.76. The van der Waals surface area contributed by atoms with E-state index in [-0.39, 0.29) is 49.3 Å². The van der Waals surface area contributed by atoms with E-state index >= 15 is 0 Å². The average Bonchev–Trinajstić information content (AvgIpc) is 3.26. The molecule has 0 N–H and O–H groups in total. The second-order valence-corrected chi connectivity index (χ2v) is 9.14. The lowest BCUT2D eigenvalue weighted by Crippen LogP contribution is -2.49. The van der Waals surface area contributed by atoms with Gasteiger partial charge in [-0.3, -0.25) is 9.59 Å². The van der Waals surface area contributed by atoms with Crippen LogP contribution in [-0.4, -0.2) is 61.6 Å².